The molecule has 0 saturated carbocycles. The minimum atomic E-state index is 0.194. The van der Waals surface area contributed by atoms with Crippen LogP contribution >= 0.6 is 0 Å². The van der Waals surface area contributed by atoms with Crippen LogP contribution in [0.25, 0.3) is 0 Å². The number of benzene rings is 3. The number of hydrogen-bond acceptors (Lipinski definition) is 5. The molecular formula is C29H33N3O3. The number of ether oxygens (including phenoxy) is 2. The van der Waals surface area contributed by atoms with Crippen molar-refractivity contribution >= 4 is 17.3 Å². The highest BCUT2D eigenvalue weighted by Gasteiger charge is 2.22. The first kappa shape index (κ1) is 23.2. The van der Waals surface area contributed by atoms with Crippen LogP contribution in [0.4, 0.5) is 11.4 Å². The Bertz CT molecular complexity index is 1100. The van der Waals surface area contributed by atoms with E-state index in [9.17, 15) is 4.79 Å². The van der Waals surface area contributed by atoms with Crippen molar-refractivity contribution in [2.24, 2.45) is 0 Å². The number of anilines is 2. The number of hydrogen-bond donors (Lipinski definition) is 0. The molecule has 0 aliphatic carbocycles. The van der Waals surface area contributed by atoms with Crippen LogP contribution in [0.2, 0.25) is 0 Å². The van der Waals surface area contributed by atoms with Crippen LogP contribution in [0.1, 0.15) is 19.3 Å². The van der Waals surface area contributed by atoms with Gasteiger partial charge in [-0.2, -0.15) is 0 Å². The van der Waals surface area contributed by atoms with Crippen LogP contribution in [0.3, 0.4) is 0 Å². The summed E-state index contributed by atoms with van der Waals surface area (Å²) in [5, 5.41) is 0. The van der Waals surface area contributed by atoms with E-state index in [1.54, 1.807) is 0 Å². The van der Waals surface area contributed by atoms with Gasteiger partial charge in [-0.15, -0.1) is 0 Å². The molecule has 2 heterocycles. The Hall–Kier alpha value is -3.51. The van der Waals surface area contributed by atoms with Gasteiger partial charge in [-0.1, -0.05) is 30.3 Å². The Kier molecular flexibility index (Phi) is 7.49. The van der Waals surface area contributed by atoms with E-state index in [-0.39, 0.29) is 5.91 Å². The maximum Gasteiger partial charge on any atom is 0.227 e. The molecule has 0 bridgehead atoms. The molecule has 0 spiro atoms. The second-order valence-electron chi connectivity index (χ2n) is 9.06. The third kappa shape index (κ3) is 5.95. The van der Waals surface area contributed by atoms with Crippen LogP contribution in [0.15, 0.2) is 78.9 Å². The predicted molar refractivity (Wildman–Crippen MR) is 140 cm³/mol. The zero-order valence-electron chi connectivity index (χ0n) is 20.1. The van der Waals surface area contributed by atoms with Crippen LogP contribution in [0.5, 0.6) is 17.2 Å². The Morgan fingerprint density at radius 3 is 2.31 bits per heavy atom. The first-order valence-electron chi connectivity index (χ1n) is 12.6. The van der Waals surface area contributed by atoms with Gasteiger partial charge in [-0.05, 0) is 67.9 Å². The summed E-state index contributed by atoms with van der Waals surface area (Å²) < 4.78 is 11.7. The second kappa shape index (κ2) is 11.3. The van der Waals surface area contributed by atoms with Gasteiger partial charge in [0, 0.05) is 44.8 Å². The van der Waals surface area contributed by atoms with Crippen LogP contribution < -0.4 is 19.3 Å². The molecule has 5 rings (SSSR count). The van der Waals surface area contributed by atoms with E-state index < -0.39 is 0 Å². The van der Waals surface area contributed by atoms with E-state index in [2.05, 4.69) is 21.9 Å². The number of para-hydroxylation sites is 3. The molecule has 2 aliphatic heterocycles. The van der Waals surface area contributed by atoms with E-state index in [0.29, 0.717) is 13.0 Å². The van der Waals surface area contributed by atoms with Gasteiger partial charge >= 0.3 is 0 Å². The van der Waals surface area contributed by atoms with Crippen LogP contribution in [-0.2, 0) is 4.79 Å². The highest BCUT2D eigenvalue weighted by Crippen LogP contribution is 2.31. The van der Waals surface area contributed by atoms with Gasteiger partial charge in [-0.3, -0.25) is 9.69 Å². The van der Waals surface area contributed by atoms with Gasteiger partial charge in [0.05, 0.1) is 12.3 Å². The molecule has 0 atom stereocenters. The predicted octanol–water partition coefficient (Wildman–Crippen LogP) is 5.20. The maximum absolute atomic E-state index is 13.0. The normalized spacial score (nSPS) is 16.2. The van der Waals surface area contributed by atoms with E-state index >= 15 is 0 Å². The van der Waals surface area contributed by atoms with Crippen molar-refractivity contribution in [1.29, 1.82) is 0 Å². The lowest BCUT2D eigenvalue weighted by atomic mass is 10.2. The lowest BCUT2D eigenvalue weighted by molar-refractivity contribution is -0.118. The molecule has 182 valence electrons. The number of piperazine rings is 1. The summed E-state index contributed by atoms with van der Waals surface area (Å²) in [6.45, 7) is 6.34. The standard InChI is InChI=1S/C29H33N3O3/c33-29(32-18-7-23-34-28-11-5-4-10-27(28)32)12-6-17-30-19-21-31(22-20-30)24-13-15-26(16-14-24)35-25-8-2-1-3-9-25/h1-5,8-11,13-16H,6-7,12,17-23H2. The second-order valence-corrected chi connectivity index (χ2v) is 9.06. The molecule has 1 fully saturated rings. The Balaban J connectivity index is 1.06. The number of fused-ring (bicyclic) bond motifs is 1. The highest BCUT2D eigenvalue weighted by molar-refractivity contribution is 5.95. The molecule has 2 aliphatic rings. The van der Waals surface area contributed by atoms with Crippen LogP contribution in [0, 0.1) is 0 Å². The quantitative estimate of drug-likeness (QED) is 0.474. The summed E-state index contributed by atoms with van der Waals surface area (Å²) in [6.07, 6.45) is 2.31. The van der Waals surface area contributed by atoms with E-state index in [4.69, 9.17) is 9.47 Å². The van der Waals surface area contributed by atoms with E-state index in [0.717, 1.165) is 75.0 Å². The van der Waals surface area contributed by atoms with Crippen molar-refractivity contribution in [1.82, 2.24) is 4.90 Å². The molecule has 0 N–H and O–H groups in total. The molecule has 6 heteroatoms. The molecule has 0 aromatic heterocycles. The lowest BCUT2D eigenvalue weighted by Gasteiger charge is -2.36. The summed E-state index contributed by atoms with van der Waals surface area (Å²) in [6, 6.07) is 26.0. The molecule has 0 unspecified atom stereocenters. The number of carbonyl (C=O) groups is 1. The Morgan fingerprint density at radius 1 is 0.800 bits per heavy atom. The first-order chi connectivity index (χ1) is 17.3. The molecule has 1 amide bonds. The Labute approximate surface area is 207 Å². The van der Waals surface area contributed by atoms with Gasteiger partial charge in [-0.25, -0.2) is 0 Å². The topological polar surface area (TPSA) is 45.2 Å². The third-order valence-corrected chi connectivity index (χ3v) is 6.66. The summed E-state index contributed by atoms with van der Waals surface area (Å²) in [5.74, 6) is 2.70. The minimum absolute atomic E-state index is 0.194. The summed E-state index contributed by atoms with van der Waals surface area (Å²) >= 11 is 0. The molecule has 0 radical (unpaired) electrons. The number of rotatable bonds is 7. The molecule has 3 aromatic rings. The van der Waals surface area contributed by atoms with Crippen LogP contribution in [-0.4, -0.2) is 56.7 Å². The van der Waals surface area contributed by atoms with Crippen molar-refractivity contribution in [3.63, 3.8) is 0 Å². The lowest BCUT2D eigenvalue weighted by Crippen LogP contribution is -2.46. The average molecular weight is 472 g/mol. The third-order valence-electron chi connectivity index (χ3n) is 6.66. The zero-order chi connectivity index (χ0) is 23.9. The minimum Gasteiger partial charge on any atom is -0.491 e. The van der Waals surface area contributed by atoms with Crippen molar-refractivity contribution in [2.45, 2.75) is 19.3 Å². The fourth-order valence-corrected chi connectivity index (χ4v) is 4.75. The number of nitrogens with zero attached hydrogens (tertiary/aromatic N) is 3. The van der Waals surface area contributed by atoms with Gasteiger partial charge in [0.25, 0.3) is 0 Å². The zero-order valence-corrected chi connectivity index (χ0v) is 20.1. The fourth-order valence-electron chi connectivity index (χ4n) is 4.75. The smallest absolute Gasteiger partial charge is 0.227 e. The summed E-state index contributed by atoms with van der Waals surface area (Å²) in [5.41, 5.74) is 2.13. The molecule has 3 aromatic carbocycles. The number of amides is 1. The monoisotopic (exact) mass is 471 g/mol. The SMILES string of the molecule is O=C(CCCN1CCN(c2ccc(Oc3ccccc3)cc2)CC1)N1CCCOc2ccccc21. The van der Waals surface area contributed by atoms with Gasteiger partial charge in [0.15, 0.2) is 0 Å². The molecule has 1 saturated heterocycles. The highest BCUT2D eigenvalue weighted by atomic mass is 16.5. The molecule has 35 heavy (non-hydrogen) atoms. The van der Waals surface area contributed by atoms with Crippen molar-refractivity contribution in [3.05, 3.63) is 78.9 Å². The van der Waals surface area contributed by atoms with Gasteiger partial charge in [0.1, 0.15) is 17.2 Å². The van der Waals surface area contributed by atoms with E-state index in [1.165, 1.54) is 5.69 Å². The summed E-state index contributed by atoms with van der Waals surface area (Å²) in [7, 11) is 0. The van der Waals surface area contributed by atoms with Crippen molar-refractivity contribution in [3.8, 4) is 17.2 Å². The largest absolute Gasteiger partial charge is 0.491 e. The molecule has 6 nitrogen and oxygen atoms in total. The Morgan fingerprint density at radius 2 is 1.51 bits per heavy atom. The van der Waals surface area contributed by atoms with Crippen molar-refractivity contribution in [2.75, 3.05) is 55.7 Å². The molecular weight excluding hydrogens is 438 g/mol. The van der Waals surface area contributed by atoms with Crippen molar-refractivity contribution < 1.29 is 14.3 Å². The number of carbonyl (C=O) groups excluding carboxylic acids is 1. The average Bonchev–Trinajstić information content (AvgIpc) is 3.13. The van der Waals surface area contributed by atoms with E-state index in [1.807, 2.05) is 71.6 Å². The first-order valence-corrected chi connectivity index (χ1v) is 12.6. The van der Waals surface area contributed by atoms with Gasteiger partial charge in [0.2, 0.25) is 5.91 Å². The maximum atomic E-state index is 13.0. The fraction of sp³-hybridized carbons (Fsp3) is 0.345. The van der Waals surface area contributed by atoms with Gasteiger partial charge < -0.3 is 19.3 Å². The summed E-state index contributed by atoms with van der Waals surface area (Å²) in [4.78, 5) is 19.8.